The Kier molecular flexibility index (Phi) is 1.87. The van der Waals surface area contributed by atoms with Crippen LogP contribution >= 0.6 is 0 Å². The van der Waals surface area contributed by atoms with E-state index in [0.717, 1.165) is 0 Å². The molecular weight excluding hydrogens is 180 g/mol. The van der Waals surface area contributed by atoms with Crippen molar-refractivity contribution in [1.29, 1.82) is 5.41 Å². The molecule has 74 valence electrons. The van der Waals surface area contributed by atoms with Crippen molar-refractivity contribution in [3.63, 3.8) is 0 Å². The van der Waals surface area contributed by atoms with Gasteiger partial charge in [0.2, 0.25) is 5.91 Å². The Morgan fingerprint density at radius 3 is 3.00 bits per heavy atom. The minimum Gasteiger partial charge on any atom is -0.314 e. The summed E-state index contributed by atoms with van der Waals surface area (Å²) in [7, 11) is 0. The number of hydrogen-bond donors (Lipinski definition) is 2. The maximum Gasteiger partial charge on any atom is 0.231 e. The Bertz CT molecular complexity index is 405. The molecule has 5 nitrogen and oxygen atoms in total. The van der Waals surface area contributed by atoms with Crippen molar-refractivity contribution in [2.24, 2.45) is 0 Å². The lowest BCUT2D eigenvalue weighted by molar-refractivity contribution is -0.115. The van der Waals surface area contributed by atoms with Crippen molar-refractivity contribution in [3.8, 4) is 0 Å². The second-order valence-corrected chi connectivity index (χ2v) is 3.65. The third kappa shape index (κ3) is 1.21. The Morgan fingerprint density at radius 2 is 2.36 bits per heavy atom. The number of carbonyl (C=O) groups is 1. The molecule has 5 heteroatoms. The number of nitrogens with one attached hydrogen (secondary N) is 2. The van der Waals surface area contributed by atoms with Crippen molar-refractivity contribution in [2.45, 2.75) is 26.3 Å². The average Bonchev–Trinajstić information content (AvgIpc) is 2.47. The van der Waals surface area contributed by atoms with Crippen molar-refractivity contribution >= 4 is 17.4 Å². The molecule has 0 radical (unpaired) electrons. The van der Waals surface area contributed by atoms with E-state index in [2.05, 4.69) is 10.3 Å². The number of anilines is 1. The van der Waals surface area contributed by atoms with Crippen LogP contribution in [0.4, 0.5) is 5.82 Å². The number of carbonyl (C=O) groups excluding carboxylic acids is 1. The molecule has 0 unspecified atom stereocenters. The van der Waals surface area contributed by atoms with Crippen LogP contribution in [0.15, 0.2) is 6.33 Å². The normalized spacial score (nSPS) is 15.6. The summed E-state index contributed by atoms with van der Waals surface area (Å²) in [6.45, 7) is 4.01. The maximum atomic E-state index is 11.2. The van der Waals surface area contributed by atoms with Gasteiger partial charge in [-0.05, 0) is 13.8 Å². The number of aromatic nitrogens is 2. The Hall–Kier alpha value is -1.65. The molecule has 0 spiro atoms. The van der Waals surface area contributed by atoms with Gasteiger partial charge in [0.05, 0.1) is 18.5 Å². The SMILES string of the molecule is CC(C)n1cnc2c1NC(=O)CC2=N. The largest absolute Gasteiger partial charge is 0.314 e. The first-order valence-corrected chi connectivity index (χ1v) is 4.54. The topological polar surface area (TPSA) is 70.8 Å². The molecular formula is C9H12N4O. The molecule has 1 aromatic rings. The van der Waals surface area contributed by atoms with Crippen LogP contribution in [0.2, 0.25) is 0 Å². The summed E-state index contributed by atoms with van der Waals surface area (Å²) in [6, 6.07) is 0.234. The first kappa shape index (κ1) is 8.93. The number of imidazole rings is 1. The molecule has 1 aliphatic heterocycles. The van der Waals surface area contributed by atoms with Crippen LogP contribution in [0.1, 0.15) is 32.0 Å². The van der Waals surface area contributed by atoms with Gasteiger partial charge < -0.3 is 15.3 Å². The number of nitrogens with zero attached hydrogens (tertiary/aromatic N) is 2. The van der Waals surface area contributed by atoms with E-state index in [9.17, 15) is 4.79 Å². The second kappa shape index (κ2) is 2.94. The van der Waals surface area contributed by atoms with E-state index in [-0.39, 0.29) is 18.4 Å². The molecule has 0 atom stereocenters. The number of rotatable bonds is 1. The van der Waals surface area contributed by atoms with Crippen molar-refractivity contribution in [3.05, 3.63) is 12.0 Å². The minimum atomic E-state index is -0.134. The molecule has 1 amide bonds. The summed E-state index contributed by atoms with van der Waals surface area (Å²) in [5.74, 6) is 0.520. The van der Waals surface area contributed by atoms with Crippen LogP contribution in [-0.2, 0) is 4.79 Å². The molecule has 2 heterocycles. The average molecular weight is 192 g/mol. The third-order valence-corrected chi connectivity index (χ3v) is 2.23. The summed E-state index contributed by atoms with van der Waals surface area (Å²) < 4.78 is 1.86. The second-order valence-electron chi connectivity index (χ2n) is 3.65. The van der Waals surface area contributed by atoms with Gasteiger partial charge >= 0.3 is 0 Å². The Morgan fingerprint density at radius 1 is 1.64 bits per heavy atom. The molecule has 2 N–H and O–H groups in total. The quantitative estimate of drug-likeness (QED) is 0.701. The molecule has 0 aliphatic carbocycles. The molecule has 0 aromatic carbocycles. The Labute approximate surface area is 81.7 Å². The van der Waals surface area contributed by atoms with E-state index in [1.54, 1.807) is 6.33 Å². The van der Waals surface area contributed by atoms with Crippen molar-refractivity contribution in [1.82, 2.24) is 9.55 Å². The summed E-state index contributed by atoms with van der Waals surface area (Å²) in [4.78, 5) is 15.3. The van der Waals surface area contributed by atoms with Crippen LogP contribution < -0.4 is 5.32 Å². The zero-order valence-electron chi connectivity index (χ0n) is 8.16. The zero-order chi connectivity index (χ0) is 10.3. The van der Waals surface area contributed by atoms with Crippen LogP contribution in [0, 0.1) is 5.41 Å². The van der Waals surface area contributed by atoms with Crippen molar-refractivity contribution < 1.29 is 4.79 Å². The van der Waals surface area contributed by atoms with E-state index < -0.39 is 0 Å². The predicted molar refractivity (Wildman–Crippen MR) is 52.7 cm³/mol. The lowest BCUT2D eigenvalue weighted by atomic mass is 10.1. The molecule has 0 bridgehead atoms. The molecule has 0 fully saturated rings. The summed E-state index contributed by atoms with van der Waals surface area (Å²) >= 11 is 0. The highest BCUT2D eigenvalue weighted by molar-refractivity contribution is 6.18. The van der Waals surface area contributed by atoms with Gasteiger partial charge in [0.1, 0.15) is 11.5 Å². The van der Waals surface area contributed by atoms with Crippen LogP contribution in [-0.4, -0.2) is 21.2 Å². The van der Waals surface area contributed by atoms with Gasteiger partial charge in [-0.15, -0.1) is 0 Å². The zero-order valence-corrected chi connectivity index (χ0v) is 8.16. The summed E-state index contributed by atoms with van der Waals surface area (Å²) in [5.41, 5.74) is 0.890. The number of hydrogen-bond acceptors (Lipinski definition) is 3. The van der Waals surface area contributed by atoms with E-state index >= 15 is 0 Å². The van der Waals surface area contributed by atoms with Crippen LogP contribution in [0.5, 0.6) is 0 Å². The van der Waals surface area contributed by atoms with Gasteiger partial charge in [0.15, 0.2) is 0 Å². The monoisotopic (exact) mass is 192 g/mol. The van der Waals surface area contributed by atoms with E-state index in [1.165, 1.54) is 0 Å². The van der Waals surface area contributed by atoms with Gasteiger partial charge in [0.25, 0.3) is 0 Å². The van der Waals surface area contributed by atoms with Gasteiger partial charge in [-0.25, -0.2) is 4.98 Å². The highest BCUT2D eigenvalue weighted by Crippen LogP contribution is 2.24. The van der Waals surface area contributed by atoms with Crippen LogP contribution in [0.3, 0.4) is 0 Å². The maximum absolute atomic E-state index is 11.2. The summed E-state index contributed by atoms with van der Waals surface area (Å²) in [6.07, 6.45) is 1.79. The van der Waals surface area contributed by atoms with E-state index in [1.807, 2.05) is 18.4 Å². The molecule has 0 saturated heterocycles. The van der Waals surface area contributed by atoms with Crippen LogP contribution in [0.25, 0.3) is 0 Å². The summed E-state index contributed by atoms with van der Waals surface area (Å²) in [5, 5.41) is 10.4. The molecule has 14 heavy (non-hydrogen) atoms. The van der Waals surface area contributed by atoms with Gasteiger partial charge in [-0.1, -0.05) is 0 Å². The minimum absolute atomic E-state index is 0.127. The molecule has 1 aliphatic rings. The fraction of sp³-hybridized carbons (Fsp3) is 0.444. The predicted octanol–water partition coefficient (Wildman–Crippen LogP) is 1.17. The van der Waals surface area contributed by atoms with E-state index in [4.69, 9.17) is 5.41 Å². The van der Waals surface area contributed by atoms with Crippen molar-refractivity contribution in [2.75, 3.05) is 5.32 Å². The number of fused-ring (bicyclic) bond motifs is 1. The molecule has 2 rings (SSSR count). The fourth-order valence-electron chi connectivity index (χ4n) is 1.52. The highest BCUT2D eigenvalue weighted by Gasteiger charge is 2.24. The van der Waals surface area contributed by atoms with Gasteiger partial charge in [-0.3, -0.25) is 4.79 Å². The lowest BCUT2D eigenvalue weighted by Crippen LogP contribution is -2.25. The first-order chi connectivity index (χ1) is 6.59. The smallest absolute Gasteiger partial charge is 0.231 e. The van der Waals surface area contributed by atoms with E-state index in [0.29, 0.717) is 17.2 Å². The van der Waals surface area contributed by atoms with Gasteiger partial charge in [-0.2, -0.15) is 0 Å². The Balaban J connectivity index is 2.51. The molecule has 1 aromatic heterocycles. The lowest BCUT2D eigenvalue weighted by Gasteiger charge is -2.17. The molecule has 0 saturated carbocycles. The van der Waals surface area contributed by atoms with Gasteiger partial charge in [0, 0.05) is 6.04 Å². The first-order valence-electron chi connectivity index (χ1n) is 4.54. The standard InChI is InChI=1S/C9H12N4O/c1-5(2)13-4-11-8-6(10)3-7(14)12-9(8)13/h4-5,10H,3H2,1-2H3,(H,12,14). The highest BCUT2D eigenvalue weighted by atomic mass is 16.1. The fourth-order valence-corrected chi connectivity index (χ4v) is 1.52. The number of amides is 1. The third-order valence-electron chi connectivity index (χ3n) is 2.23.